The standard InChI is InChI=1S/C15H16N4O4S/c1-19-5-4-16-15(19)24-9-13(20)18-14(21)17-10-2-3-11-12(8-10)23-7-6-22-11/h2-5,8H,6-7,9H2,1H3,(H2,17,18,20,21). The summed E-state index contributed by atoms with van der Waals surface area (Å²) in [5.41, 5.74) is 0.515. The number of thioether (sulfide) groups is 1. The Morgan fingerprint density at radius 2 is 2.08 bits per heavy atom. The molecule has 1 aliphatic heterocycles. The first-order valence-electron chi connectivity index (χ1n) is 7.22. The van der Waals surface area contributed by atoms with Gasteiger partial charge in [0.2, 0.25) is 5.91 Å². The Kier molecular flexibility index (Phi) is 4.90. The molecule has 0 saturated heterocycles. The molecule has 2 heterocycles. The lowest BCUT2D eigenvalue weighted by Crippen LogP contribution is -2.35. The molecular weight excluding hydrogens is 332 g/mol. The molecule has 3 rings (SSSR count). The summed E-state index contributed by atoms with van der Waals surface area (Å²) in [5, 5.41) is 5.57. The number of hydrogen-bond donors (Lipinski definition) is 2. The van der Waals surface area contributed by atoms with E-state index in [9.17, 15) is 9.59 Å². The fourth-order valence-corrected chi connectivity index (χ4v) is 2.80. The fraction of sp³-hybridized carbons (Fsp3) is 0.267. The van der Waals surface area contributed by atoms with Crippen LogP contribution in [0.4, 0.5) is 10.5 Å². The topological polar surface area (TPSA) is 94.5 Å². The van der Waals surface area contributed by atoms with E-state index in [2.05, 4.69) is 15.6 Å². The maximum Gasteiger partial charge on any atom is 0.325 e. The van der Waals surface area contributed by atoms with E-state index in [0.29, 0.717) is 35.6 Å². The molecule has 0 spiro atoms. The SMILES string of the molecule is Cn1ccnc1SCC(=O)NC(=O)Nc1ccc2c(c1)OCCO2. The molecule has 8 nitrogen and oxygen atoms in total. The third-order valence-electron chi connectivity index (χ3n) is 3.16. The second-order valence-electron chi connectivity index (χ2n) is 4.97. The van der Waals surface area contributed by atoms with Crippen molar-refractivity contribution in [1.29, 1.82) is 0 Å². The first-order chi connectivity index (χ1) is 11.6. The Balaban J connectivity index is 1.50. The minimum Gasteiger partial charge on any atom is -0.486 e. The van der Waals surface area contributed by atoms with Crippen LogP contribution in [0.3, 0.4) is 0 Å². The monoisotopic (exact) mass is 348 g/mol. The number of benzene rings is 1. The van der Waals surface area contributed by atoms with E-state index in [0.717, 1.165) is 0 Å². The number of nitrogens with one attached hydrogen (secondary N) is 2. The molecule has 0 saturated carbocycles. The molecule has 9 heteroatoms. The third kappa shape index (κ3) is 3.99. The first-order valence-corrected chi connectivity index (χ1v) is 8.21. The van der Waals surface area contributed by atoms with Crippen LogP contribution in [0.15, 0.2) is 35.7 Å². The largest absolute Gasteiger partial charge is 0.486 e. The van der Waals surface area contributed by atoms with E-state index in [-0.39, 0.29) is 5.75 Å². The summed E-state index contributed by atoms with van der Waals surface area (Å²) < 4.78 is 12.6. The number of rotatable bonds is 4. The Hall–Kier alpha value is -2.68. The second kappa shape index (κ2) is 7.26. The Labute approximate surface area is 142 Å². The van der Waals surface area contributed by atoms with Crippen molar-refractivity contribution < 1.29 is 19.1 Å². The van der Waals surface area contributed by atoms with Crippen LogP contribution >= 0.6 is 11.8 Å². The average Bonchev–Trinajstić information content (AvgIpc) is 2.98. The molecule has 1 aliphatic rings. The zero-order valence-electron chi connectivity index (χ0n) is 12.9. The molecule has 24 heavy (non-hydrogen) atoms. The zero-order valence-corrected chi connectivity index (χ0v) is 13.8. The van der Waals surface area contributed by atoms with Crippen LogP contribution in [-0.4, -0.2) is 40.5 Å². The van der Waals surface area contributed by atoms with Crippen LogP contribution < -0.4 is 20.1 Å². The van der Waals surface area contributed by atoms with Crippen molar-refractivity contribution in [1.82, 2.24) is 14.9 Å². The predicted molar refractivity (Wildman–Crippen MR) is 88.5 cm³/mol. The molecule has 0 unspecified atom stereocenters. The first kappa shape index (κ1) is 16.2. The highest BCUT2D eigenvalue weighted by molar-refractivity contribution is 7.99. The van der Waals surface area contributed by atoms with E-state index in [1.165, 1.54) is 11.8 Å². The molecule has 2 N–H and O–H groups in total. The number of imidazole rings is 1. The molecule has 2 aromatic rings. The summed E-state index contributed by atoms with van der Waals surface area (Å²) in [6.45, 7) is 0.966. The maximum absolute atomic E-state index is 11.9. The number of ether oxygens (including phenoxy) is 2. The van der Waals surface area contributed by atoms with Crippen molar-refractivity contribution in [2.75, 3.05) is 24.3 Å². The number of carbonyl (C=O) groups excluding carboxylic acids is 2. The van der Waals surface area contributed by atoms with E-state index in [1.807, 2.05) is 7.05 Å². The highest BCUT2D eigenvalue weighted by Gasteiger charge is 2.14. The van der Waals surface area contributed by atoms with Gasteiger partial charge in [-0.15, -0.1) is 0 Å². The molecular formula is C15H16N4O4S. The Bertz CT molecular complexity index is 762. The molecule has 0 fully saturated rings. The number of amides is 3. The Morgan fingerprint density at radius 3 is 2.83 bits per heavy atom. The van der Waals surface area contributed by atoms with Crippen molar-refractivity contribution in [3.63, 3.8) is 0 Å². The van der Waals surface area contributed by atoms with Gasteiger partial charge >= 0.3 is 6.03 Å². The van der Waals surface area contributed by atoms with E-state index in [4.69, 9.17) is 9.47 Å². The molecule has 0 atom stereocenters. The van der Waals surface area contributed by atoms with Gasteiger partial charge in [0.1, 0.15) is 13.2 Å². The zero-order chi connectivity index (χ0) is 16.9. The van der Waals surface area contributed by atoms with Gasteiger partial charge in [0.15, 0.2) is 16.7 Å². The minimum absolute atomic E-state index is 0.0966. The normalized spacial score (nSPS) is 12.5. The summed E-state index contributed by atoms with van der Waals surface area (Å²) in [6.07, 6.45) is 3.43. The lowest BCUT2D eigenvalue weighted by molar-refractivity contribution is -0.117. The lowest BCUT2D eigenvalue weighted by atomic mass is 10.2. The molecule has 0 bridgehead atoms. The van der Waals surface area contributed by atoms with Crippen LogP contribution in [0, 0.1) is 0 Å². The number of imide groups is 1. The number of aryl methyl sites for hydroxylation is 1. The number of urea groups is 1. The predicted octanol–water partition coefficient (Wildman–Crippen LogP) is 1.63. The van der Waals surface area contributed by atoms with Gasteiger partial charge in [0, 0.05) is 31.2 Å². The average molecular weight is 348 g/mol. The number of nitrogens with zero attached hydrogens (tertiary/aromatic N) is 2. The van der Waals surface area contributed by atoms with Gasteiger partial charge in [0.25, 0.3) is 0 Å². The van der Waals surface area contributed by atoms with Crippen LogP contribution in [0.5, 0.6) is 11.5 Å². The molecule has 126 valence electrons. The summed E-state index contributed by atoms with van der Waals surface area (Å²) in [5.74, 6) is 0.892. The van der Waals surface area contributed by atoms with Gasteiger partial charge in [-0.1, -0.05) is 11.8 Å². The lowest BCUT2D eigenvalue weighted by Gasteiger charge is -2.19. The number of fused-ring (bicyclic) bond motifs is 1. The highest BCUT2D eigenvalue weighted by Crippen LogP contribution is 2.32. The van der Waals surface area contributed by atoms with E-state index in [1.54, 1.807) is 35.2 Å². The summed E-state index contributed by atoms with van der Waals surface area (Å²) >= 11 is 1.25. The van der Waals surface area contributed by atoms with E-state index < -0.39 is 11.9 Å². The van der Waals surface area contributed by atoms with Gasteiger partial charge in [-0.05, 0) is 12.1 Å². The third-order valence-corrected chi connectivity index (χ3v) is 4.22. The van der Waals surface area contributed by atoms with Crippen LogP contribution in [-0.2, 0) is 11.8 Å². The number of anilines is 1. The van der Waals surface area contributed by atoms with Crippen molar-refractivity contribution >= 4 is 29.4 Å². The summed E-state index contributed by atoms with van der Waals surface area (Å²) in [4.78, 5) is 27.8. The molecule has 3 amide bonds. The summed E-state index contributed by atoms with van der Waals surface area (Å²) in [7, 11) is 1.84. The quantitative estimate of drug-likeness (QED) is 0.816. The molecule has 1 aromatic heterocycles. The number of hydrogen-bond acceptors (Lipinski definition) is 6. The minimum atomic E-state index is -0.600. The van der Waals surface area contributed by atoms with Crippen molar-refractivity contribution in [2.45, 2.75) is 5.16 Å². The molecule has 1 aromatic carbocycles. The van der Waals surface area contributed by atoms with Crippen LogP contribution in [0.2, 0.25) is 0 Å². The van der Waals surface area contributed by atoms with Crippen LogP contribution in [0.1, 0.15) is 0 Å². The smallest absolute Gasteiger partial charge is 0.325 e. The number of aromatic nitrogens is 2. The highest BCUT2D eigenvalue weighted by atomic mass is 32.2. The van der Waals surface area contributed by atoms with Crippen molar-refractivity contribution in [2.24, 2.45) is 7.05 Å². The van der Waals surface area contributed by atoms with Gasteiger partial charge in [-0.3, -0.25) is 10.1 Å². The fourth-order valence-electron chi connectivity index (χ4n) is 2.07. The second-order valence-corrected chi connectivity index (χ2v) is 5.91. The van der Waals surface area contributed by atoms with Crippen LogP contribution in [0.25, 0.3) is 0 Å². The summed E-state index contributed by atoms with van der Waals surface area (Å²) in [6, 6.07) is 4.45. The van der Waals surface area contributed by atoms with Gasteiger partial charge < -0.3 is 19.4 Å². The van der Waals surface area contributed by atoms with Gasteiger partial charge in [-0.25, -0.2) is 9.78 Å². The van der Waals surface area contributed by atoms with Gasteiger partial charge in [0.05, 0.1) is 5.75 Å². The number of carbonyl (C=O) groups is 2. The molecule has 0 radical (unpaired) electrons. The Morgan fingerprint density at radius 1 is 1.29 bits per heavy atom. The van der Waals surface area contributed by atoms with Gasteiger partial charge in [-0.2, -0.15) is 0 Å². The maximum atomic E-state index is 11.9. The van der Waals surface area contributed by atoms with Crippen molar-refractivity contribution in [3.05, 3.63) is 30.6 Å². The van der Waals surface area contributed by atoms with E-state index >= 15 is 0 Å². The van der Waals surface area contributed by atoms with Crippen molar-refractivity contribution in [3.8, 4) is 11.5 Å². The molecule has 0 aliphatic carbocycles.